The summed E-state index contributed by atoms with van der Waals surface area (Å²) in [5, 5.41) is 9.80. The van der Waals surface area contributed by atoms with Crippen LogP contribution in [0.1, 0.15) is 9.67 Å². The lowest BCUT2D eigenvalue weighted by molar-refractivity contribution is 0.0694. The van der Waals surface area contributed by atoms with E-state index in [1.165, 1.54) is 4.31 Å². The Balaban J connectivity index is 2.22. The van der Waals surface area contributed by atoms with E-state index in [1.807, 2.05) is 0 Å². The van der Waals surface area contributed by atoms with Crippen molar-refractivity contribution in [3.05, 3.63) is 29.1 Å². The number of carboxylic acids is 1. The van der Waals surface area contributed by atoms with Crippen molar-refractivity contribution in [3.63, 3.8) is 0 Å². The molecule has 3 rings (SSSR count). The Hall–Kier alpha value is -1.48. The number of nitrogens with zero attached hydrogens (tertiary/aromatic N) is 1. The number of carbonyl (C=O) groups is 1. The quantitative estimate of drug-likeness (QED) is 0.926. The number of ether oxygens (including phenoxy) is 1. The second-order valence-electron chi connectivity index (χ2n) is 4.58. The molecule has 6 nitrogen and oxygen atoms in total. The fraction of sp³-hybridized carbons (Fsp3) is 0.308. The third-order valence-electron chi connectivity index (χ3n) is 3.31. The van der Waals surface area contributed by atoms with Crippen LogP contribution >= 0.6 is 11.3 Å². The second kappa shape index (κ2) is 5.38. The number of fused-ring (bicyclic) bond motifs is 1. The van der Waals surface area contributed by atoms with Crippen molar-refractivity contribution in [2.75, 3.05) is 26.3 Å². The molecule has 8 heteroatoms. The molecule has 1 fully saturated rings. The first-order valence-electron chi connectivity index (χ1n) is 6.34. The summed E-state index contributed by atoms with van der Waals surface area (Å²) in [7, 11) is -3.84. The Morgan fingerprint density at radius 3 is 2.57 bits per heavy atom. The van der Waals surface area contributed by atoms with Crippen molar-refractivity contribution >= 4 is 37.4 Å². The molecule has 0 radical (unpaired) electrons. The average molecular weight is 327 g/mol. The van der Waals surface area contributed by atoms with Crippen LogP contribution in [0.5, 0.6) is 0 Å². The van der Waals surface area contributed by atoms with Gasteiger partial charge in [-0.05, 0) is 6.07 Å². The number of hydrogen-bond acceptors (Lipinski definition) is 5. The zero-order valence-corrected chi connectivity index (χ0v) is 12.6. The fourth-order valence-corrected chi connectivity index (χ4v) is 5.44. The molecule has 2 heterocycles. The van der Waals surface area contributed by atoms with E-state index < -0.39 is 16.0 Å². The lowest BCUT2D eigenvalue weighted by atomic mass is 10.2. The van der Waals surface area contributed by atoms with E-state index in [0.29, 0.717) is 23.3 Å². The molecule has 0 saturated carbocycles. The molecule has 2 aromatic rings. The van der Waals surface area contributed by atoms with Gasteiger partial charge in [-0.25, -0.2) is 13.2 Å². The molecular weight excluding hydrogens is 314 g/mol. The van der Waals surface area contributed by atoms with Gasteiger partial charge in [0.15, 0.2) is 0 Å². The molecule has 0 amide bonds. The number of aromatic carboxylic acids is 1. The maximum absolute atomic E-state index is 12.8. The summed E-state index contributed by atoms with van der Waals surface area (Å²) in [4.78, 5) is 11.2. The first kappa shape index (κ1) is 14.5. The summed E-state index contributed by atoms with van der Waals surface area (Å²) in [5.41, 5.74) is 0. The average Bonchev–Trinajstić information content (AvgIpc) is 2.88. The predicted octanol–water partition coefficient (Wildman–Crippen LogP) is 1.62. The highest BCUT2D eigenvalue weighted by atomic mass is 32.2. The molecule has 1 aromatic heterocycles. The molecule has 1 aliphatic rings. The molecule has 1 N–H and O–H groups in total. The van der Waals surface area contributed by atoms with E-state index in [4.69, 9.17) is 4.74 Å². The highest BCUT2D eigenvalue weighted by molar-refractivity contribution is 7.89. The van der Waals surface area contributed by atoms with Crippen LogP contribution in [0, 0.1) is 0 Å². The van der Waals surface area contributed by atoms with Crippen LogP contribution in [-0.4, -0.2) is 50.1 Å². The number of carboxylic acid groups (broad SMARTS) is 1. The Labute approximate surface area is 125 Å². The second-order valence-corrected chi connectivity index (χ2v) is 7.51. The highest BCUT2D eigenvalue weighted by Gasteiger charge is 2.33. The van der Waals surface area contributed by atoms with Crippen molar-refractivity contribution in [3.8, 4) is 0 Å². The van der Waals surface area contributed by atoms with Crippen molar-refractivity contribution < 1.29 is 23.1 Å². The molecule has 0 bridgehead atoms. The number of morpholine rings is 1. The van der Waals surface area contributed by atoms with Gasteiger partial charge in [0.25, 0.3) is 0 Å². The van der Waals surface area contributed by atoms with Crippen molar-refractivity contribution in [2.24, 2.45) is 0 Å². The van der Waals surface area contributed by atoms with Crippen LogP contribution < -0.4 is 0 Å². The van der Waals surface area contributed by atoms with E-state index in [-0.39, 0.29) is 22.9 Å². The van der Waals surface area contributed by atoms with Crippen LogP contribution in [0.4, 0.5) is 0 Å². The number of thiophene rings is 1. The van der Waals surface area contributed by atoms with Gasteiger partial charge in [-0.1, -0.05) is 18.2 Å². The Kier molecular flexibility index (Phi) is 3.70. The summed E-state index contributed by atoms with van der Waals surface area (Å²) in [6.45, 7) is 1.13. The van der Waals surface area contributed by atoms with Gasteiger partial charge in [-0.3, -0.25) is 0 Å². The minimum absolute atomic E-state index is 0.0995. The van der Waals surface area contributed by atoms with Crippen LogP contribution in [0.25, 0.3) is 10.1 Å². The van der Waals surface area contributed by atoms with Gasteiger partial charge in [0.2, 0.25) is 10.0 Å². The Bertz CT molecular complexity index is 790. The maximum atomic E-state index is 12.8. The topological polar surface area (TPSA) is 83.9 Å². The molecule has 0 unspecified atom stereocenters. The van der Waals surface area contributed by atoms with Crippen LogP contribution in [0.15, 0.2) is 29.2 Å². The minimum atomic E-state index is -3.84. The predicted molar refractivity (Wildman–Crippen MR) is 78.4 cm³/mol. The first-order chi connectivity index (χ1) is 10.0. The summed E-state index contributed by atoms with van der Waals surface area (Å²) < 4.78 is 32.7. The van der Waals surface area contributed by atoms with Crippen LogP contribution in [0.3, 0.4) is 0 Å². The Morgan fingerprint density at radius 1 is 1.24 bits per heavy atom. The van der Waals surface area contributed by atoms with E-state index in [1.54, 1.807) is 24.3 Å². The lowest BCUT2D eigenvalue weighted by Crippen LogP contribution is -2.40. The van der Waals surface area contributed by atoms with Crippen molar-refractivity contribution in [2.45, 2.75) is 4.90 Å². The molecule has 21 heavy (non-hydrogen) atoms. The standard InChI is InChI=1S/C13H13NO5S2/c15-13(16)11-12(9-3-1-2-4-10(9)20-11)21(17,18)14-5-7-19-8-6-14/h1-4H,5-8H2,(H,15,16). The zero-order chi connectivity index (χ0) is 15.0. The highest BCUT2D eigenvalue weighted by Crippen LogP contribution is 2.36. The molecule has 0 atom stereocenters. The molecule has 0 spiro atoms. The van der Waals surface area contributed by atoms with Crippen molar-refractivity contribution in [1.82, 2.24) is 4.31 Å². The smallest absolute Gasteiger partial charge is 0.347 e. The lowest BCUT2D eigenvalue weighted by Gasteiger charge is -2.26. The summed E-state index contributed by atoms with van der Waals surface area (Å²) in [6, 6.07) is 6.84. The number of benzene rings is 1. The van der Waals surface area contributed by atoms with Gasteiger partial charge in [0.05, 0.1) is 13.2 Å². The van der Waals surface area contributed by atoms with E-state index in [0.717, 1.165) is 11.3 Å². The van der Waals surface area contributed by atoms with Gasteiger partial charge in [0, 0.05) is 23.2 Å². The third-order valence-corrected chi connectivity index (χ3v) is 6.59. The van der Waals surface area contributed by atoms with E-state index in [2.05, 4.69) is 0 Å². The maximum Gasteiger partial charge on any atom is 0.347 e. The summed E-state index contributed by atoms with van der Waals surface area (Å²) in [5.74, 6) is -1.22. The normalized spacial score (nSPS) is 17.1. The summed E-state index contributed by atoms with van der Waals surface area (Å²) >= 11 is 0.986. The van der Waals surface area contributed by atoms with Crippen LogP contribution in [0.2, 0.25) is 0 Å². The van der Waals surface area contributed by atoms with Crippen molar-refractivity contribution in [1.29, 1.82) is 0 Å². The first-order valence-corrected chi connectivity index (χ1v) is 8.60. The van der Waals surface area contributed by atoms with Gasteiger partial charge in [-0.15, -0.1) is 11.3 Å². The SMILES string of the molecule is O=C(O)c1sc2ccccc2c1S(=O)(=O)N1CCOCC1. The largest absolute Gasteiger partial charge is 0.477 e. The molecule has 1 aliphatic heterocycles. The minimum Gasteiger partial charge on any atom is -0.477 e. The number of hydrogen-bond donors (Lipinski definition) is 1. The third kappa shape index (κ3) is 2.44. The molecule has 1 saturated heterocycles. The molecule has 112 valence electrons. The number of rotatable bonds is 3. The fourth-order valence-electron chi connectivity index (χ4n) is 2.33. The van der Waals surface area contributed by atoms with E-state index >= 15 is 0 Å². The Morgan fingerprint density at radius 2 is 1.90 bits per heavy atom. The van der Waals surface area contributed by atoms with Crippen LogP contribution in [-0.2, 0) is 14.8 Å². The molecular formula is C13H13NO5S2. The molecule has 0 aliphatic carbocycles. The zero-order valence-electron chi connectivity index (χ0n) is 11.0. The summed E-state index contributed by atoms with van der Waals surface area (Å²) in [6.07, 6.45) is 0. The number of sulfonamides is 1. The van der Waals surface area contributed by atoms with Gasteiger partial charge in [0.1, 0.15) is 9.77 Å². The van der Waals surface area contributed by atoms with Gasteiger partial charge < -0.3 is 9.84 Å². The monoisotopic (exact) mass is 327 g/mol. The van der Waals surface area contributed by atoms with E-state index in [9.17, 15) is 18.3 Å². The van der Waals surface area contributed by atoms with Gasteiger partial charge >= 0.3 is 5.97 Å². The van der Waals surface area contributed by atoms with Gasteiger partial charge in [-0.2, -0.15) is 4.31 Å². The molecule has 1 aromatic carbocycles.